The number of Topliss-reactive ketones (excluding diaryl/α,β-unsaturated/α-hetero) is 1. The van der Waals surface area contributed by atoms with E-state index in [0.717, 1.165) is 5.56 Å². The fourth-order valence-corrected chi connectivity index (χ4v) is 4.62. The molecule has 1 unspecified atom stereocenters. The summed E-state index contributed by atoms with van der Waals surface area (Å²) in [5.74, 6) is -3.24. The van der Waals surface area contributed by atoms with Crippen molar-refractivity contribution < 1.29 is 44.4 Å². The minimum Gasteiger partial charge on any atom is -0.426 e. The summed E-state index contributed by atoms with van der Waals surface area (Å²) in [6.45, 7) is 6.74. The first-order chi connectivity index (χ1) is 18.9. The minimum atomic E-state index is -1.83. The molecule has 3 rings (SSSR count). The van der Waals surface area contributed by atoms with Crippen molar-refractivity contribution in [1.29, 1.82) is 0 Å². The van der Waals surface area contributed by atoms with Gasteiger partial charge >= 0.3 is 7.12 Å². The number of aliphatic hydroxyl groups is 3. The number of hydrogen-bond acceptors (Lipinski definition) is 10. The van der Waals surface area contributed by atoms with Crippen LogP contribution in [0.1, 0.15) is 51.0 Å². The van der Waals surface area contributed by atoms with Crippen LogP contribution in [0.5, 0.6) is 0 Å². The highest BCUT2D eigenvalue weighted by molar-refractivity contribution is 6.43. The molecule has 1 aliphatic heterocycles. The van der Waals surface area contributed by atoms with Gasteiger partial charge in [0.15, 0.2) is 12.1 Å². The molecule has 6 N–H and O–H groups in total. The molecule has 0 bridgehead atoms. The van der Waals surface area contributed by atoms with Gasteiger partial charge in [-0.25, -0.2) is 4.98 Å². The zero-order valence-corrected chi connectivity index (χ0v) is 23.1. The molecule has 0 aliphatic carbocycles. The van der Waals surface area contributed by atoms with Crippen molar-refractivity contribution in [3.05, 3.63) is 54.2 Å². The predicted molar refractivity (Wildman–Crippen MR) is 147 cm³/mol. The van der Waals surface area contributed by atoms with Crippen LogP contribution in [0.4, 0.5) is 0 Å². The Morgan fingerprint density at radius 1 is 1.00 bits per heavy atom. The Kier molecular flexibility index (Phi) is 11.3. The van der Waals surface area contributed by atoms with E-state index < -0.39 is 67.5 Å². The standard InChI is InChI=1S/C28H39BN2O9/c1-15(2)13-23(29(37)38)31-27(36)19(16(3)39-28-26(35)25(34)24(33)17(4)40-28)14-22(32)21-12-8-11-20(30-21)18-9-6-5-7-10-18/h5-12,15-17,19,23-26,28,33-35,37-38H,13-14H2,1-4H3,(H,31,36)/t16?,17-,19-,23-,24+,25+,26-,28+/m0/s1. The lowest BCUT2D eigenvalue weighted by molar-refractivity contribution is -0.305. The van der Waals surface area contributed by atoms with E-state index in [9.17, 15) is 35.0 Å². The smallest absolute Gasteiger partial charge is 0.426 e. The maximum absolute atomic E-state index is 13.5. The molecule has 8 atom stereocenters. The third-order valence-corrected chi connectivity index (χ3v) is 6.98. The normalized spacial score (nSPS) is 25.2. The maximum Gasteiger partial charge on any atom is 0.475 e. The zero-order valence-electron chi connectivity index (χ0n) is 23.1. The van der Waals surface area contributed by atoms with Crippen molar-refractivity contribution in [2.45, 2.75) is 83.3 Å². The second kappa shape index (κ2) is 14.3. The van der Waals surface area contributed by atoms with Crippen LogP contribution in [0.2, 0.25) is 0 Å². The number of ketones is 1. The van der Waals surface area contributed by atoms with Gasteiger partial charge in [-0.1, -0.05) is 50.2 Å². The number of benzene rings is 1. The lowest BCUT2D eigenvalue weighted by Gasteiger charge is -2.40. The van der Waals surface area contributed by atoms with E-state index in [-0.39, 0.29) is 24.5 Å². The lowest BCUT2D eigenvalue weighted by atomic mass is 9.74. The molecule has 12 heteroatoms. The van der Waals surface area contributed by atoms with Gasteiger partial charge in [-0.3, -0.25) is 9.59 Å². The van der Waals surface area contributed by atoms with Gasteiger partial charge < -0.3 is 40.2 Å². The van der Waals surface area contributed by atoms with Gasteiger partial charge in [0.2, 0.25) is 5.91 Å². The van der Waals surface area contributed by atoms with Gasteiger partial charge in [0.05, 0.1) is 29.8 Å². The molecule has 0 saturated carbocycles. The summed E-state index contributed by atoms with van der Waals surface area (Å²) < 4.78 is 11.3. The van der Waals surface area contributed by atoms with Crippen LogP contribution >= 0.6 is 0 Å². The van der Waals surface area contributed by atoms with E-state index in [2.05, 4.69) is 10.3 Å². The van der Waals surface area contributed by atoms with Crippen molar-refractivity contribution in [2.24, 2.45) is 11.8 Å². The average Bonchev–Trinajstić information content (AvgIpc) is 2.93. The number of carbonyl (C=O) groups excluding carboxylic acids is 2. The van der Waals surface area contributed by atoms with Gasteiger partial charge in [-0.05, 0) is 38.3 Å². The Morgan fingerprint density at radius 3 is 2.30 bits per heavy atom. The van der Waals surface area contributed by atoms with Crippen LogP contribution in [-0.4, -0.2) is 91.9 Å². The van der Waals surface area contributed by atoms with E-state index in [1.165, 1.54) is 13.8 Å². The molecule has 1 amide bonds. The predicted octanol–water partition coefficient (Wildman–Crippen LogP) is 0.713. The SMILES string of the molecule is CC(C)C[C@H](NC(=O)[C@@H](CC(=O)c1cccc(-c2ccccc2)n1)C(C)O[C@@H]1O[C@@H](C)[C@@H](O)[C@@H](O)[C@@H]1O)B(O)O. The molecule has 1 fully saturated rings. The molecule has 2 heterocycles. The monoisotopic (exact) mass is 558 g/mol. The topological polar surface area (TPSA) is 179 Å². The third-order valence-electron chi connectivity index (χ3n) is 6.98. The van der Waals surface area contributed by atoms with Crippen molar-refractivity contribution in [1.82, 2.24) is 10.3 Å². The Balaban J connectivity index is 1.85. The first-order valence-electron chi connectivity index (χ1n) is 13.5. The highest BCUT2D eigenvalue weighted by atomic mass is 16.7. The first-order valence-corrected chi connectivity index (χ1v) is 13.5. The first kappa shape index (κ1) is 31.8. The molecule has 11 nitrogen and oxygen atoms in total. The Bertz CT molecular complexity index is 1120. The third kappa shape index (κ3) is 8.17. The molecule has 40 heavy (non-hydrogen) atoms. The maximum atomic E-state index is 13.5. The van der Waals surface area contributed by atoms with E-state index in [0.29, 0.717) is 5.69 Å². The van der Waals surface area contributed by atoms with Crippen LogP contribution in [0.15, 0.2) is 48.5 Å². The molecule has 1 aliphatic rings. The number of amides is 1. The summed E-state index contributed by atoms with van der Waals surface area (Å²) in [7, 11) is -1.83. The van der Waals surface area contributed by atoms with Crippen molar-refractivity contribution in [2.75, 3.05) is 0 Å². The van der Waals surface area contributed by atoms with E-state index in [1.54, 1.807) is 18.2 Å². The van der Waals surface area contributed by atoms with Gasteiger partial charge in [0.25, 0.3) is 0 Å². The fourth-order valence-electron chi connectivity index (χ4n) is 4.62. The molecule has 2 aromatic rings. The van der Waals surface area contributed by atoms with Crippen molar-refractivity contribution in [3.8, 4) is 11.3 Å². The summed E-state index contributed by atoms with van der Waals surface area (Å²) >= 11 is 0. The van der Waals surface area contributed by atoms with E-state index in [1.807, 2.05) is 44.2 Å². The average molecular weight is 558 g/mol. The van der Waals surface area contributed by atoms with Crippen LogP contribution in [0.25, 0.3) is 11.3 Å². The molecule has 218 valence electrons. The number of pyridine rings is 1. The summed E-state index contributed by atoms with van der Waals surface area (Å²) in [6, 6.07) is 14.3. The number of aliphatic hydroxyl groups excluding tert-OH is 3. The number of ether oxygens (including phenoxy) is 2. The van der Waals surface area contributed by atoms with Crippen LogP contribution in [0.3, 0.4) is 0 Å². The van der Waals surface area contributed by atoms with Crippen LogP contribution in [0, 0.1) is 11.8 Å². The van der Waals surface area contributed by atoms with Gasteiger partial charge in [-0.15, -0.1) is 0 Å². The number of hydrogen-bond donors (Lipinski definition) is 6. The molecule has 1 aromatic carbocycles. The second-order valence-electron chi connectivity index (χ2n) is 10.7. The zero-order chi connectivity index (χ0) is 29.6. The summed E-state index contributed by atoms with van der Waals surface area (Å²) in [5, 5.41) is 52.8. The molecular weight excluding hydrogens is 519 g/mol. The fraction of sp³-hybridized carbons (Fsp3) is 0.536. The largest absolute Gasteiger partial charge is 0.475 e. The molecule has 0 spiro atoms. The minimum absolute atomic E-state index is 0.0333. The van der Waals surface area contributed by atoms with Crippen molar-refractivity contribution >= 4 is 18.8 Å². The number of nitrogens with one attached hydrogen (secondary N) is 1. The quantitative estimate of drug-likeness (QED) is 0.161. The molecule has 1 aromatic heterocycles. The Hall–Kier alpha value is -2.71. The number of nitrogens with zero attached hydrogens (tertiary/aromatic N) is 1. The molecular formula is C28H39BN2O9. The number of rotatable bonds is 12. The van der Waals surface area contributed by atoms with Crippen LogP contribution in [-0.2, 0) is 14.3 Å². The van der Waals surface area contributed by atoms with Gasteiger partial charge in [-0.2, -0.15) is 0 Å². The number of aromatic nitrogens is 1. The summed E-state index contributed by atoms with van der Waals surface area (Å²) in [5.41, 5.74) is 1.53. The Morgan fingerprint density at radius 2 is 1.68 bits per heavy atom. The highest BCUT2D eigenvalue weighted by Crippen LogP contribution is 2.26. The summed E-state index contributed by atoms with van der Waals surface area (Å²) in [6.07, 6.45) is -7.85. The van der Waals surface area contributed by atoms with Crippen molar-refractivity contribution in [3.63, 3.8) is 0 Å². The van der Waals surface area contributed by atoms with Gasteiger partial charge in [0.1, 0.15) is 24.0 Å². The number of carbonyl (C=O) groups is 2. The Labute approximate surface area is 234 Å². The van der Waals surface area contributed by atoms with Crippen LogP contribution < -0.4 is 5.32 Å². The van der Waals surface area contributed by atoms with Gasteiger partial charge in [0, 0.05) is 12.0 Å². The summed E-state index contributed by atoms with van der Waals surface area (Å²) in [4.78, 5) is 31.3. The lowest BCUT2D eigenvalue weighted by Crippen LogP contribution is -2.58. The van der Waals surface area contributed by atoms with E-state index >= 15 is 0 Å². The highest BCUT2D eigenvalue weighted by Gasteiger charge is 2.44. The molecule has 0 radical (unpaired) electrons. The second-order valence-corrected chi connectivity index (χ2v) is 10.7. The molecule has 1 saturated heterocycles. The van der Waals surface area contributed by atoms with E-state index in [4.69, 9.17) is 9.47 Å².